The van der Waals surface area contributed by atoms with Crippen molar-refractivity contribution in [2.75, 3.05) is 0 Å². The number of rotatable bonds is 5. The summed E-state index contributed by atoms with van der Waals surface area (Å²) in [6.07, 6.45) is 6.52. The third-order valence-corrected chi connectivity index (χ3v) is 5.08. The molecule has 1 aliphatic carbocycles. The fraction of sp³-hybridized carbons (Fsp3) is 0.304. The molecule has 2 aromatic rings. The van der Waals surface area contributed by atoms with Crippen molar-refractivity contribution >= 4 is 11.1 Å². The molecule has 0 unspecified atom stereocenters. The van der Waals surface area contributed by atoms with Crippen molar-refractivity contribution in [3.8, 4) is 0 Å². The van der Waals surface area contributed by atoms with Crippen molar-refractivity contribution in [2.45, 2.75) is 45.4 Å². The maximum atomic E-state index is 13.8. The lowest BCUT2D eigenvalue weighted by atomic mass is 9.85. The molecule has 0 aromatic heterocycles. The molecule has 0 spiro atoms. The van der Waals surface area contributed by atoms with E-state index in [9.17, 15) is 4.39 Å². The van der Waals surface area contributed by atoms with Crippen molar-refractivity contribution < 1.29 is 4.39 Å². The third-order valence-electron chi connectivity index (χ3n) is 5.08. The predicted octanol–water partition coefficient (Wildman–Crippen LogP) is 6.52. The van der Waals surface area contributed by atoms with Crippen LogP contribution in [0, 0.1) is 12.7 Å². The highest BCUT2D eigenvalue weighted by Crippen LogP contribution is 2.31. The zero-order valence-electron chi connectivity index (χ0n) is 14.5. The topological polar surface area (TPSA) is 0 Å². The molecule has 3 rings (SSSR count). The monoisotopic (exact) mass is 320 g/mol. The molecule has 1 heteroatoms. The normalized spacial score (nSPS) is 13.4. The number of halogens is 1. The van der Waals surface area contributed by atoms with E-state index in [1.165, 1.54) is 54.0 Å². The second-order valence-corrected chi connectivity index (χ2v) is 6.82. The second kappa shape index (κ2) is 7.17. The first-order chi connectivity index (χ1) is 11.6. The van der Waals surface area contributed by atoms with E-state index in [4.69, 9.17) is 0 Å². The molecule has 0 bridgehead atoms. The molecule has 1 aliphatic rings. The summed E-state index contributed by atoms with van der Waals surface area (Å²) in [7, 11) is 0. The molecule has 24 heavy (non-hydrogen) atoms. The van der Waals surface area contributed by atoms with E-state index >= 15 is 0 Å². The highest BCUT2D eigenvalue weighted by Gasteiger charge is 2.14. The average molecular weight is 320 g/mol. The van der Waals surface area contributed by atoms with Crippen LogP contribution in [-0.2, 0) is 12.8 Å². The molecule has 0 atom stereocenters. The fourth-order valence-electron chi connectivity index (χ4n) is 3.62. The van der Waals surface area contributed by atoms with Gasteiger partial charge in [-0.3, -0.25) is 0 Å². The van der Waals surface area contributed by atoms with E-state index in [1.807, 2.05) is 6.07 Å². The Hall–Kier alpha value is -2.15. The largest absolute Gasteiger partial charge is 0.206 e. The number of hydrogen-bond donors (Lipinski definition) is 0. The summed E-state index contributed by atoms with van der Waals surface area (Å²) < 4.78 is 13.8. The first-order valence-corrected chi connectivity index (χ1v) is 8.79. The van der Waals surface area contributed by atoms with Gasteiger partial charge in [-0.15, -0.1) is 0 Å². The molecular formula is C23H25F. The molecular weight excluding hydrogens is 295 g/mol. The van der Waals surface area contributed by atoms with Crippen molar-refractivity contribution in [3.05, 3.63) is 83.2 Å². The Morgan fingerprint density at radius 2 is 1.71 bits per heavy atom. The van der Waals surface area contributed by atoms with Crippen LogP contribution in [0.25, 0.3) is 11.1 Å². The van der Waals surface area contributed by atoms with Crippen LogP contribution < -0.4 is 0 Å². The van der Waals surface area contributed by atoms with Crippen LogP contribution in [0.2, 0.25) is 0 Å². The van der Waals surface area contributed by atoms with Gasteiger partial charge >= 0.3 is 0 Å². The summed E-state index contributed by atoms with van der Waals surface area (Å²) >= 11 is 0. The van der Waals surface area contributed by atoms with E-state index in [2.05, 4.69) is 32.2 Å². The van der Waals surface area contributed by atoms with Gasteiger partial charge in [0.25, 0.3) is 0 Å². The molecule has 0 amide bonds. The molecule has 124 valence electrons. The quantitative estimate of drug-likeness (QED) is 0.588. The van der Waals surface area contributed by atoms with Gasteiger partial charge in [-0.25, -0.2) is 4.39 Å². The highest BCUT2D eigenvalue weighted by molar-refractivity contribution is 5.70. The van der Waals surface area contributed by atoms with Gasteiger partial charge in [-0.05, 0) is 84.9 Å². The number of fused-ring (bicyclic) bond motifs is 1. The summed E-state index contributed by atoms with van der Waals surface area (Å²) in [6.45, 7) is 10.5. The van der Waals surface area contributed by atoms with Crippen LogP contribution in [0.1, 0.15) is 53.5 Å². The van der Waals surface area contributed by atoms with Crippen LogP contribution in [0.5, 0.6) is 0 Å². The number of aryl methyl sites for hydroxylation is 2. The van der Waals surface area contributed by atoms with Gasteiger partial charge in [-0.1, -0.05) is 43.5 Å². The Bertz CT molecular complexity index is 783. The van der Waals surface area contributed by atoms with E-state index < -0.39 is 0 Å². The van der Waals surface area contributed by atoms with Gasteiger partial charge in [-0.2, -0.15) is 0 Å². The smallest absolute Gasteiger partial charge is 0.130 e. The van der Waals surface area contributed by atoms with E-state index in [0.29, 0.717) is 5.56 Å². The molecule has 0 heterocycles. The van der Waals surface area contributed by atoms with Crippen LogP contribution in [-0.4, -0.2) is 0 Å². The summed E-state index contributed by atoms with van der Waals surface area (Å²) in [4.78, 5) is 0. The number of allylic oxidation sites excluding steroid dienone is 2. The minimum Gasteiger partial charge on any atom is -0.206 e. The summed E-state index contributed by atoms with van der Waals surface area (Å²) in [5.74, 6) is -0.197. The maximum Gasteiger partial charge on any atom is 0.130 e. The fourth-order valence-corrected chi connectivity index (χ4v) is 3.62. The van der Waals surface area contributed by atoms with E-state index in [1.54, 1.807) is 12.1 Å². The molecule has 0 nitrogen and oxygen atoms in total. The Morgan fingerprint density at radius 1 is 1.00 bits per heavy atom. The predicted molar refractivity (Wildman–Crippen MR) is 102 cm³/mol. The zero-order valence-corrected chi connectivity index (χ0v) is 14.5. The molecule has 0 N–H and O–H groups in total. The lowest BCUT2D eigenvalue weighted by Crippen LogP contribution is -2.05. The van der Waals surface area contributed by atoms with Crippen LogP contribution in [0.15, 0.2) is 49.6 Å². The first-order valence-electron chi connectivity index (χ1n) is 8.79. The van der Waals surface area contributed by atoms with Crippen LogP contribution in [0.3, 0.4) is 0 Å². The SMILES string of the molecule is C=C(CCC(=C)c1ccccc1F)c1cc(C)c2c(c1)CCCC2. The van der Waals surface area contributed by atoms with Crippen LogP contribution in [0.4, 0.5) is 4.39 Å². The Balaban J connectivity index is 1.70. The third kappa shape index (κ3) is 3.51. The van der Waals surface area contributed by atoms with Gasteiger partial charge in [0.1, 0.15) is 5.82 Å². The van der Waals surface area contributed by atoms with E-state index in [0.717, 1.165) is 24.0 Å². The Kier molecular flexibility index (Phi) is 4.99. The van der Waals surface area contributed by atoms with Gasteiger partial charge in [0.15, 0.2) is 0 Å². The van der Waals surface area contributed by atoms with Crippen molar-refractivity contribution in [1.29, 1.82) is 0 Å². The van der Waals surface area contributed by atoms with Gasteiger partial charge in [0.2, 0.25) is 0 Å². The lowest BCUT2D eigenvalue weighted by molar-refractivity contribution is 0.623. The first kappa shape index (κ1) is 16.7. The molecule has 0 saturated carbocycles. The van der Waals surface area contributed by atoms with Gasteiger partial charge in [0.05, 0.1) is 0 Å². The molecule has 0 saturated heterocycles. The molecule has 0 fully saturated rings. The molecule has 0 radical (unpaired) electrons. The molecule has 2 aromatic carbocycles. The highest BCUT2D eigenvalue weighted by atomic mass is 19.1. The maximum absolute atomic E-state index is 13.8. The standard InChI is InChI=1S/C23H25F/c1-16(12-13-17(2)22-10-6-7-11-23(22)24)20-14-18(3)21-9-5-4-8-19(21)15-20/h6-7,10-11,14-15H,1-2,4-5,8-9,12-13H2,3H3. The van der Waals surface area contributed by atoms with Gasteiger partial charge < -0.3 is 0 Å². The minimum atomic E-state index is -0.197. The zero-order chi connectivity index (χ0) is 17.1. The average Bonchev–Trinajstić information content (AvgIpc) is 2.59. The van der Waals surface area contributed by atoms with Crippen molar-refractivity contribution in [2.24, 2.45) is 0 Å². The number of hydrogen-bond acceptors (Lipinski definition) is 0. The van der Waals surface area contributed by atoms with Crippen molar-refractivity contribution in [1.82, 2.24) is 0 Å². The molecule has 0 aliphatic heterocycles. The van der Waals surface area contributed by atoms with Crippen LogP contribution >= 0.6 is 0 Å². The summed E-state index contributed by atoms with van der Waals surface area (Å²) in [6, 6.07) is 11.4. The lowest BCUT2D eigenvalue weighted by Gasteiger charge is -2.20. The summed E-state index contributed by atoms with van der Waals surface area (Å²) in [5.41, 5.74) is 8.21. The van der Waals surface area contributed by atoms with Gasteiger partial charge in [0, 0.05) is 5.56 Å². The summed E-state index contributed by atoms with van der Waals surface area (Å²) in [5, 5.41) is 0. The van der Waals surface area contributed by atoms with Crippen molar-refractivity contribution in [3.63, 3.8) is 0 Å². The Labute approximate surface area is 144 Å². The van der Waals surface area contributed by atoms with E-state index in [-0.39, 0.29) is 5.82 Å². The Morgan fingerprint density at radius 3 is 2.50 bits per heavy atom. The minimum absolute atomic E-state index is 0.197. The number of benzene rings is 2. The second-order valence-electron chi connectivity index (χ2n) is 6.82.